The zero-order chi connectivity index (χ0) is 23.3. The molecule has 0 unspecified atom stereocenters. The molecule has 3 aromatic rings. The molecule has 32 heavy (non-hydrogen) atoms. The molecule has 3 aromatic carbocycles. The number of carbonyl (C=O) groups is 1. The fourth-order valence-corrected chi connectivity index (χ4v) is 5.17. The van der Waals surface area contributed by atoms with Crippen molar-refractivity contribution in [3.05, 3.63) is 92.5 Å². The van der Waals surface area contributed by atoms with Gasteiger partial charge in [-0.25, -0.2) is 13.8 Å². The van der Waals surface area contributed by atoms with Crippen molar-refractivity contribution in [2.75, 3.05) is 10.8 Å². The van der Waals surface area contributed by atoms with E-state index in [-0.39, 0.29) is 4.90 Å². The number of sulfonamides is 1. The molecule has 0 heterocycles. The Morgan fingerprint density at radius 3 is 2.47 bits per heavy atom. The summed E-state index contributed by atoms with van der Waals surface area (Å²) in [6.45, 7) is 3.07. The first-order valence-corrected chi connectivity index (χ1v) is 12.5. The largest absolute Gasteiger partial charge is 0.271 e. The number of hydrogen-bond donors (Lipinski definition) is 1. The molecule has 0 aromatic heterocycles. The first-order valence-electron chi connectivity index (χ1n) is 9.61. The molecule has 0 saturated heterocycles. The number of rotatable bonds is 7. The Kier molecular flexibility index (Phi) is 7.91. The van der Waals surface area contributed by atoms with Crippen molar-refractivity contribution >= 4 is 61.5 Å². The minimum Gasteiger partial charge on any atom is -0.271 e. The van der Waals surface area contributed by atoms with Gasteiger partial charge in [-0.1, -0.05) is 48.0 Å². The van der Waals surface area contributed by atoms with Gasteiger partial charge in [0.2, 0.25) is 0 Å². The second-order valence-corrected chi connectivity index (χ2v) is 10.5. The van der Waals surface area contributed by atoms with Crippen LogP contribution in [0.3, 0.4) is 0 Å². The summed E-state index contributed by atoms with van der Waals surface area (Å²) in [6.07, 6.45) is 0. The van der Waals surface area contributed by atoms with Gasteiger partial charge in [0.15, 0.2) is 0 Å². The third-order valence-corrected chi connectivity index (χ3v) is 7.33. The topological polar surface area (TPSA) is 78.8 Å². The zero-order valence-corrected chi connectivity index (χ0v) is 21.1. The number of halogens is 2. The normalized spacial score (nSPS) is 11.8. The van der Waals surface area contributed by atoms with E-state index in [2.05, 4.69) is 33.1 Å². The SMILES string of the molecule is C/C(=N/NC(=O)CN(c1cc(Cl)ccc1C)S(=O)(=O)c1ccccc1)c1cccc(I)c1. The van der Waals surface area contributed by atoms with Gasteiger partial charge < -0.3 is 0 Å². The van der Waals surface area contributed by atoms with Crippen molar-refractivity contribution in [3.63, 3.8) is 0 Å². The maximum atomic E-state index is 13.4. The smallest absolute Gasteiger partial charge is 0.264 e. The van der Waals surface area contributed by atoms with E-state index in [4.69, 9.17) is 11.6 Å². The number of carbonyl (C=O) groups excluding carboxylic acids is 1. The van der Waals surface area contributed by atoms with Crippen molar-refractivity contribution in [1.29, 1.82) is 0 Å². The van der Waals surface area contributed by atoms with Crippen LogP contribution >= 0.6 is 34.2 Å². The number of anilines is 1. The summed E-state index contributed by atoms with van der Waals surface area (Å²) in [5.41, 5.74) is 4.92. The van der Waals surface area contributed by atoms with Gasteiger partial charge in [0.05, 0.1) is 16.3 Å². The van der Waals surface area contributed by atoms with Gasteiger partial charge in [-0.05, 0) is 84.0 Å². The molecule has 0 radical (unpaired) electrons. The lowest BCUT2D eigenvalue weighted by Crippen LogP contribution is -2.40. The molecule has 0 fully saturated rings. The number of aryl methyl sites for hydroxylation is 1. The number of benzene rings is 3. The monoisotopic (exact) mass is 581 g/mol. The highest BCUT2D eigenvalue weighted by Crippen LogP contribution is 2.29. The van der Waals surface area contributed by atoms with Crippen molar-refractivity contribution in [2.24, 2.45) is 5.10 Å². The molecule has 0 aliphatic rings. The summed E-state index contributed by atoms with van der Waals surface area (Å²) in [5, 5.41) is 4.51. The van der Waals surface area contributed by atoms with E-state index >= 15 is 0 Å². The molecular formula is C23H21ClIN3O3S. The molecule has 0 saturated carbocycles. The van der Waals surface area contributed by atoms with Crippen molar-refractivity contribution in [2.45, 2.75) is 18.7 Å². The number of nitrogens with zero attached hydrogens (tertiary/aromatic N) is 2. The van der Waals surface area contributed by atoms with Crippen LogP contribution < -0.4 is 9.73 Å². The number of nitrogens with one attached hydrogen (secondary N) is 1. The van der Waals surface area contributed by atoms with Gasteiger partial charge in [0, 0.05) is 8.59 Å². The van der Waals surface area contributed by atoms with E-state index in [1.165, 1.54) is 18.2 Å². The highest BCUT2D eigenvalue weighted by Gasteiger charge is 2.28. The van der Waals surface area contributed by atoms with E-state index in [0.717, 1.165) is 13.4 Å². The van der Waals surface area contributed by atoms with Crippen molar-refractivity contribution in [3.8, 4) is 0 Å². The predicted octanol–water partition coefficient (Wildman–Crippen LogP) is 4.99. The third-order valence-electron chi connectivity index (χ3n) is 4.65. The lowest BCUT2D eigenvalue weighted by Gasteiger charge is -2.25. The fraction of sp³-hybridized carbons (Fsp3) is 0.130. The summed E-state index contributed by atoms with van der Waals surface area (Å²) in [5.74, 6) is -0.575. The molecule has 166 valence electrons. The van der Waals surface area contributed by atoms with Crippen LogP contribution in [0.4, 0.5) is 5.69 Å². The fourth-order valence-electron chi connectivity index (χ4n) is 2.96. The first-order chi connectivity index (χ1) is 15.2. The van der Waals surface area contributed by atoms with E-state index in [0.29, 0.717) is 22.0 Å². The quantitative estimate of drug-likeness (QED) is 0.243. The second-order valence-electron chi connectivity index (χ2n) is 7.00. The molecule has 9 heteroatoms. The van der Waals surface area contributed by atoms with E-state index in [9.17, 15) is 13.2 Å². The molecule has 3 rings (SSSR count). The number of hydrazone groups is 1. The molecule has 1 N–H and O–H groups in total. The molecule has 0 spiro atoms. The third kappa shape index (κ3) is 5.87. The predicted molar refractivity (Wildman–Crippen MR) is 137 cm³/mol. The summed E-state index contributed by atoms with van der Waals surface area (Å²) < 4.78 is 28.9. The zero-order valence-electron chi connectivity index (χ0n) is 17.4. The van der Waals surface area contributed by atoms with E-state index < -0.39 is 22.5 Å². The van der Waals surface area contributed by atoms with E-state index in [1.54, 1.807) is 44.2 Å². The van der Waals surface area contributed by atoms with Crippen LogP contribution in [0.25, 0.3) is 0 Å². The maximum Gasteiger partial charge on any atom is 0.264 e. The lowest BCUT2D eigenvalue weighted by molar-refractivity contribution is -0.119. The number of amides is 1. The summed E-state index contributed by atoms with van der Waals surface area (Å²) in [7, 11) is -4.02. The van der Waals surface area contributed by atoms with Crippen LogP contribution in [0.2, 0.25) is 5.02 Å². The summed E-state index contributed by atoms with van der Waals surface area (Å²) in [4.78, 5) is 12.8. The van der Waals surface area contributed by atoms with Crippen LogP contribution in [0.1, 0.15) is 18.1 Å². The Morgan fingerprint density at radius 2 is 1.78 bits per heavy atom. The van der Waals surface area contributed by atoms with Gasteiger partial charge in [-0.15, -0.1) is 0 Å². The summed E-state index contributed by atoms with van der Waals surface area (Å²) >= 11 is 8.33. The minimum absolute atomic E-state index is 0.0747. The highest BCUT2D eigenvalue weighted by atomic mass is 127. The van der Waals surface area contributed by atoms with E-state index in [1.807, 2.05) is 24.3 Å². The van der Waals surface area contributed by atoms with Gasteiger partial charge >= 0.3 is 0 Å². The van der Waals surface area contributed by atoms with Crippen LogP contribution in [0.15, 0.2) is 82.8 Å². The van der Waals surface area contributed by atoms with Crippen LogP contribution in [0.5, 0.6) is 0 Å². The lowest BCUT2D eigenvalue weighted by atomic mass is 10.1. The Morgan fingerprint density at radius 1 is 1.06 bits per heavy atom. The molecule has 0 atom stereocenters. The Balaban J connectivity index is 1.91. The molecule has 0 aliphatic heterocycles. The Bertz CT molecular complexity index is 1260. The van der Waals surface area contributed by atoms with Crippen molar-refractivity contribution < 1.29 is 13.2 Å². The van der Waals surface area contributed by atoms with Gasteiger partial charge in [0.25, 0.3) is 15.9 Å². The van der Waals surface area contributed by atoms with Crippen LogP contribution in [-0.4, -0.2) is 26.6 Å². The molecule has 6 nitrogen and oxygen atoms in total. The minimum atomic E-state index is -4.02. The first kappa shape index (κ1) is 24.2. The molecular weight excluding hydrogens is 561 g/mol. The highest BCUT2D eigenvalue weighted by molar-refractivity contribution is 14.1. The number of hydrogen-bond acceptors (Lipinski definition) is 4. The Hall–Kier alpha value is -2.43. The maximum absolute atomic E-state index is 13.4. The Labute approximate surface area is 206 Å². The molecule has 1 amide bonds. The second kappa shape index (κ2) is 10.5. The van der Waals surface area contributed by atoms with Crippen molar-refractivity contribution in [1.82, 2.24) is 5.43 Å². The van der Waals surface area contributed by atoms with Crippen LogP contribution in [-0.2, 0) is 14.8 Å². The van der Waals surface area contributed by atoms with Gasteiger partial charge in [-0.2, -0.15) is 5.10 Å². The summed E-state index contributed by atoms with van der Waals surface area (Å²) in [6, 6.07) is 20.5. The average Bonchev–Trinajstić information content (AvgIpc) is 2.78. The van der Waals surface area contributed by atoms with Gasteiger partial charge in [0.1, 0.15) is 6.54 Å². The average molecular weight is 582 g/mol. The molecule has 0 bridgehead atoms. The van der Waals surface area contributed by atoms with Gasteiger partial charge in [-0.3, -0.25) is 9.10 Å². The van der Waals surface area contributed by atoms with Crippen LogP contribution in [0, 0.1) is 10.5 Å². The molecule has 0 aliphatic carbocycles. The standard InChI is InChI=1S/C23H21ClIN3O3S/c1-16-11-12-19(24)14-22(16)28(32(30,31)21-9-4-3-5-10-21)15-23(29)27-26-17(2)18-7-6-8-20(25)13-18/h3-14H,15H2,1-2H3,(H,27,29)/b26-17-.